The summed E-state index contributed by atoms with van der Waals surface area (Å²) in [6.45, 7) is 4.97. The summed E-state index contributed by atoms with van der Waals surface area (Å²) in [5.74, 6) is 1.48. The Morgan fingerprint density at radius 3 is 1.85 bits per heavy atom. The monoisotopic (exact) mass is 447 g/mol. The molecule has 4 rings (SSSR count). The van der Waals surface area contributed by atoms with Crippen molar-refractivity contribution in [3.8, 4) is 11.5 Å². The van der Waals surface area contributed by atoms with Crippen molar-refractivity contribution in [3.63, 3.8) is 0 Å². The van der Waals surface area contributed by atoms with Gasteiger partial charge in [0.25, 0.3) is 0 Å². The van der Waals surface area contributed by atoms with Crippen molar-refractivity contribution in [1.29, 1.82) is 0 Å². The Morgan fingerprint density at radius 1 is 0.606 bits per heavy atom. The van der Waals surface area contributed by atoms with Gasteiger partial charge in [0, 0.05) is 19.1 Å². The zero-order valence-corrected chi connectivity index (χ0v) is 19.1. The highest BCUT2D eigenvalue weighted by atomic mass is 16.6. The maximum Gasteiger partial charge on any atom is 0.161 e. The van der Waals surface area contributed by atoms with Gasteiger partial charge in [-0.15, -0.1) is 0 Å². The van der Waals surface area contributed by atoms with Gasteiger partial charge in [0.2, 0.25) is 0 Å². The van der Waals surface area contributed by atoms with E-state index in [-0.39, 0.29) is 6.04 Å². The van der Waals surface area contributed by atoms with Crippen LogP contribution in [0.4, 0.5) is 0 Å². The number of benzene rings is 3. The Labute approximate surface area is 196 Å². The average Bonchev–Trinajstić information content (AvgIpc) is 2.86. The molecule has 174 valence electrons. The summed E-state index contributed by atoms with van der Waals surface area (Å²) in [7, 11) is 0. The van der Waals surface area contributed by atoms with E-state index in [1.807, 2.05) is 24.3 Å². The van der Waals surface area contributed by atoms with Gasteiger partial charge in [-0.1, -0.05) is 72.8 Å². The second-order valence-corrected chi connectivity index (χ2v) is 8.13. The third-order valence-electron chi connectivity index (χ3n) is 5.71. The van der Waals surface area contributed by atoms with E-state index in [1.165, 1.54) is 11.1 Å². The van der Waals surface area contributed by atoms with E-state index in [4.69, 9.17) is 18.9 Å². The molecule has 0 aromatic heterocycles. The van der Waals surface area contributed by atoms with Crippen LogP contribution in [0.1, 0.15) is 11.1 Å². The molecule has 0 radical (unpaired) electrons. The van der Waals surface area contributed by atoms with Crippen molar-refractivity contribution in [2.75, 3.05) is 46.2 Å². The normalized spacial score (nSPS) is 18.7. The van der Waals surface area contributed by atoms with E-state index in [1.54, 1.807) is 0 Å². The summed E-state index contributed by atoms with van der Waals surface area (Å²) in [5.41, 5.74) is 2.59. The van der Waals surface area contributed by atoms with Crippen molar-refractivity contribution in [2.24, 2.45) is 0 Å². The van der Waals surface area contributed by atoms with Gasteiger partial charge in [-0.3, -0.25) is 4.90 Å². The maximum atomic E-state index is 6.13. The second kappa shape index (κ2) is 13.0. The van der Waals surface area contributed by atoms with E-state index < -0.39 is 0 Å². The van der Waals surface area contributed by atoms with Crippen LogP contribution in [0.5, 0.6) is 11.5 Å². The van der Waals surface area contributed by atoms with Gasteiger partial charge in [0.05, 0.1) is 26.4 Å². The van der Waals surface area contributed by atoms with E-state index in [0.29, 0.717) is 39.6 Å². The van der Waals surface area contributed by atoms with Gasteiger partial charge in [-0.25, -0.2) is 0 Å². The van der Waals surface area contributed by atoms with Crippen LogP contribution in [0.25, 0.3) is 0 Å². The van der Waals surface area contributed by atoms with Gasteiger partial charge in [0.15, 0.2) is 11.5 Å². The summed E-state index contributed by atoms with van der Waals surface area (Å²) in [5, 5.41) is 0. The molecule has 0 fully saturated rings. The van der Waals surface area contributed by atoms with Crippen molar-refractivity contribution < 1.29 is 18.9 Å². The molecule has 3 aromatic rings. The van der Waals surface area contributed by atoms with Crippen LogP contribution >= 0.6 is 0 Å². The number of rotatable bonds is 4. The van der Waals surface area contributed by atoms with Crippen molar-refractivity contribution in [2.45, 2.75) is 19.0 Å². The first-order valence-electron chi connectivity index (χ1n) is 11.7. The number of ether oxygens (including phenoxy) is 4. The standard InChI is InChI=1S/C28H33NO4/c1-3-9-24(10-4-1)21-26-23-31-18-20-33-28-14-8-7-13-27(28)32-19-17-30-16-15-29(26)22-25-11-5-2-6-12-25/h1-14,26H,15-23H2/t26-/m0/s1. The third-order valence-corrected chi connectivity index (χ3v) is 5.71. The molecule has 5 nitrogen and oxygen atoms in total. The quantitative estimate of drug-likeness (QED) is 0.584. The summed E-state index contributed by atoms with van der Waals surface area (Å²) < 4.78 is 23.9. The first kappa shape index (κ1) is 23.3. The molecule has 0 saturated carbocycles. The van der Waals surface area contributed by atoms with E-state index in [0.717, 1.165) is 31.0 Å². The first-order chi connectivity index (χ1) is 16.4. The van der Waals surface area contributed by atoms with Crippen molar-refractivity contribution >= 4 is 0 Å². The molecule has 1 atom stereocenters. The highest BCUT2D eigenvalue weighted by molar-refractivity contribution is 5.39. The molecular weight excluding hydrogens is 414 g/mol. The van der Waals surface area contributed by atoms with E-state index in [2.05, 4.69) is 65.6 Å². The largest absolute Gasteiger partial charge is 0.487 e. The summed E-state index contributed by atoms with van der Waals surface area (Å²) in [6, 6.07) is 29.2. The van der Waals surface area contributed by atoms with Crippen LogP contribution in [-0.2, 0) is 22.4 Å². The van der Waals surface area contributed by atoms with Gasteiger partial charge in [-0.05, 0) is 29.7 Å². The fourth-order valence-electron chi connectivity index (χ4n) is 4.00. The van der Waals surface area contributed by atoms with Gasteiger partial charge < -0.3 is 18.9 Å². The number of fused-ring (bicyclic) bond motifs is 1. The lowest BCUT2D eigenvalue weighted by molar-refractivity contribution is 0.0239. The third kappa shape index (κ3) is 7.60. The summed E-state index contributed by atoms with van der Waals surface area (Å²) in [6.07, 6.45) is 0.917. The lowest BCUT2D eigenvalue weighted by Crippen LogP contribution is -2.42. The zero-order valence-electron chi connectivity index (χ0n) is 19.1. The fraction of sp³-hybridized carbons (Fsp3) is 0.357. The van der Waals surface area contributed by atoms with E-state index >= 15 is 0 Å². The van der Waals surface area contributed by atoms with Crippen molar-refractivity contribution in [3.05, 3.63) is 96.1 Å². The van der Waals surface area contributed by atoms with Gasteiger partial charge in [0.1, 0.15) is 13.2 Å². The Kier molecular flexibility index (Phi) is 9.18. The second-order valence-electron chi connectivity index (χ2n) is 8.13. The molecule has 5 heteroatoms. The molecule has 0 saturated heterocycles. The van der Waals surface area contributed by atoms with Crippen LogP contribution < -0.4 is 9.47 Å². The van der Waals surface area contributed by atoms with E-state index in [9.17, 15) is 0 Å². The fourth-order valence-corrected chi connectivity index (χ4v) is 4.00. The topological polar surface area (TPSA) is 40.2 Å². The van der Waals surface area contributed by atoms with Crippen LogP contribution in [0.3, 0.4) is 0 Å². The number of hydrogen-bond donors (Lipinski definition) is 0. The molecule has 0 aliphatic carbocycles. The minimum absolute atomic E-state index is 0.227. The minimum Gasteiger partial charge on any atom is -0.487 e. The Bertz CT molecular complexity index is 935. The SMILES string of the molecule is c1ccc(C[C@H]2COCCOc3ccccc3OCCOCCN2Cc2ccccc2)cc1. The molecule has 1 aliphatic heterocycles. The minimum atomic E-state index is 0.227. The lowest BCUT2D eigenvalue weighted by atomic mass is 10.0. The van der Waals surface area contributed by atoms with Crippen LogP contribution in [0, 0.1) is 0 Å². The maximum absolute atomic E-state index is 6.13. The van der Waals surface area contributed by atoms with Gasteiger partial charge >= 0.3 is 0 Å². The van der Waals surface area contributed by atoms with Crippen molar-refractivity contribution in [1.82, 2.24) is 4.90 Å². The number of hydrogen-bond acceptors (Lipinski definition) is 5. The molecule has 0 unspecified atom stereocenters. The smallest absolute Gasteiger partial charge is 0.161 e. The predicted octanol–water partition coefficient (Wildman–Crippen LogP) is 4.60. The highest BCUT2D eigenvalue weighted by Crippen LogP contribution is 2.26. The highest BCUT2D eigenvalue weighted by Gasteiger charge is 2.20. The van der Waals surface area contributed by atoms with Crippen LogP contribution in [-0.4, -0.2) is 57.1 Å². The first-order valence-corrected chi connectivity index (χ1v) is 11.7. The molecule has 0 bridgehead atoms. The Balaban J connectivity index is 1.47. The van der Waals surface area contributed by atoms with Gasteiger partial charge in [-0.2, -0.15) is 0 Å². The summed E-state index contributed by atoms with van der Waals surface area (Å²) >= 11 is 0. The molecule has 1 heterocycles. The lowest BCUT2D eigenvalue weighted by Gasteiger charge is -2.32. The molecule has 0 N–H and O–H groups in total. The molecule has 3 aromatic carbocycles. The molecule has 0 spiro atoms. The van der Waals surface area contributed by atoms with Crippen LogP contribution in [0.15, 0.2) is 84.9 Å². The zero-order chi connectivity index (χ0) is 22.6. The molecule has 0 amide bonds. The summed E-state index contributed by atoms with van der Waals surface area (Å²) in [4.78, 5) is 2.47. The number of nitrogens with zero attached hydrogens (tertiary/aromatic N) is 1. The molecule has 33 heavy (non-hydrogen) atoms. The average molecular weight is 448 g/mol. The Hall–Kier alpha value is -2.86. The van der Waals surface area contributed by atoms with Crippen LogP contribution in [0.2, 0.25) is 0 Å². The molecular formula is C28H33NO4. The predicted molar refractivity (Wildman–Crippen MR) is 130 cm³/mol. The Morgan fingerprint density at radius 2 is 1.18 bits per heavy atom. The molecule has 1 aliphatic rings. The number of para-hydroxylation sites is 2.